The van der Waals surface area contributed by atoms with E-state index in [0.717, 1.165) is 0 Å². The normalized spacial score (nSPS) is 15.8. The van der Waals surface area contributed by atoms with Crippen LogP contribution in [0.25, 0.3) is 0 Å². The fourth-order valence-corrected chi connectivity index (χ4v) is 4.87. The van der Waals surface area contributed by atoms with E-state index in [9.17, 15) is 13.2 Å². The van der Waals surface area contributed by atoms with Crippen LogP contribution in [0.4, 0.5) is 0 Å². The van der Waals surface area contributed by atoms with Crippen LogP contribution in [0.2, 0.25) is 0 Å². The zero-order chi connectivity index (χ0) is 20.2. The number of sulfonamides is 1. The standard InChI is InChI=1S/C19H31N3O4S.ClH/c1-5-15-6-7-16(18(23)21(4)14-19(2,3)13-20)12-17(15)27(24,25)22-8-10-26-11-9-22;/h6-7,12H,5,8-11,13-14,20H2,1-4H3;1H. The maximum Gasteiger partial charge on any atom is 0.253 e. The molecule has 0 aliphatic carbocycles. The van der Waals surface area contributed by atoms with Gasteiger partial charge < -0.3 is 15.4 Å². The smallest absolute Gasteiger partial charge is 0.253 e. The number of amides is 1. The van der Waals surface area contributed by atoms with E-state index in [1.165, 1.54) is 10.4 Å². The first-order chi connectivity index (χ1) is 12.6. The van der Waals surface area contributed by atoms with Crippen molar-refractivity contribution in [3.05, 3.63) is 29.3 Å². The van der Waals surface area contributed by atoms with Gasteiger partial charge in [0, 0.05) is 32.2 Å². The van der Waals surface area contributed by atoms with Gasteiger partial charge in [-0.1, -0.05) is 26.8 Å². The maximum absolute atomic E-state index is 13.1. The molecule has 1 aromatic rings. The monoisotopic (exact) mass is 433 g/mol. The molecule has 1 heterocycles. The Bertz CT molecular complexity index is 777. The zero-order valence-electron chi connectivity index (χ0n) is 17.1. The Kier molecular flexibility index (Phi) is 8.90. The number of nitrogens with two attached hydrogens (primary N) is 1. The first-order valence-corrected chi connectivity index (χ1v) is 10.7. The lowest BCUT2D eigenvalue weighted by molar-refractivity contribution is 0.0728. The van der Waals surface area contributed by atoms with Crippen molar-refractivity contribution in [3.63, 3.8) is 0 Å². The van der Waals surface area contributed by atoms with Crippen molar-refractivity contribution in [1.29, 1.82) is 0 Å². The molecule has 0 unspecified atom stereocenters. The van der Waals surface area contributed by atoms with E-state index in [-0.39, 0.29) is 28.6 Å². The summed E-state index contributed by atoms with van der Waals surface area (Å²) < 4.78 is 32.9. The summed E-state index contributed by atoms with van der Waals surface area (Å²) in [6, 6.07) is 4.95. The molecule has 0 bridgehead atoms. The Morgan fingerprint density at radius 1 is 1.29 bits per heavy atom. The van der Waals surface area contributed by atoms with Gasteiger partial charge in [-0.3, -0.25) is 4.79 Å². The van der Waals surface area contributed by atoms with Crippen LogP contribution < -0.4 is 5.73 Å². The molecule has 0 spiro atoms. The molecule has 2 N–H and O–H groups in total. The quantitative estimate of drug-likeness (QED) is 0.707. The van der Waals surface area contributed by atoms with Gasteiger partial charge in [0.25, 0.3) is 5.91 Å². The van der Waals surface area contributed by atoms with Gasteiger partial charge in [0.2, 0.25) is 10.0 Å². The predicted molar refractivity (Wildman–Crippen MR) is 112 cm³/mol. The summed E-state index contributed by atoms with van der Waals surface area (Å²) in [6.45, 7) is 8.26. The minimum Gasteiger partial charge on any atom is -0.379 e. The zero-order valence-corrected chi connectivity index (χ0v) is 18.7. The number of halogens is 1. The number of carbonyl (C=O) groups is 1. The third-order valence-electron chi connectivity index (χ3n) is 4.85. The average molecular weight is 434 g/mol. The Morgan fingerprint density at radius 3 is 2.43 bits per heavy atom. The summed E-state index contributed by atoms with van der Waals surface area (Å²) in [5.41, 5.74) is 6.63. The number of hydrogen-bond donors (Lipinski definition) is 1. The van der Waals surface area contributed by atoms with Crippen molar-refractivity contribution in [2.24, 2.45) is 11.1 Å². The molecular formula is C19H32ClN3O4S. The molecule has 0 saturated carbocycles. The first kappa shape index (κ1) is 24.8. The fourth-order valence-electron chi connectivity index (χ4n) is 3.14. The first-order valence-electron chi connectivity index (χ1n) is 9.29. The second-order valence-corrected chi connectivity index (χ2v) is 9.63. The molecule has 1 fully saturated rings. The van der Waals surface area contributed by atoms with Crippen molar-refractivity contribution < 1.29 is 17.9 Å². The van der Waals surface area contributed by atoms with Crippen molar-refractivity contribution in [1.82, 2.24) is 9.21 Å². The second-order valence-electron chi connectivity index (χ2n) is 7.72. The molecule has 0 aromatic heterocycles. The summed E-state index contributed by atoms with van der Waals surface area (Å²) in [7, 11) is -1.95. The third kappa shape index (κ3) is 5.67. The van der Waals surface area contributed by atoms with Crippen molar-refractivity contribution in [2.75, 3.05) is 46.4 Å². The molecule has 9 heteroatoms. The summed E-state index contributed by atoms with van der Waals surface area (Å²) >= 11 is 0. The Labute approximate surface area is 174 Å². The number of aryl methyl sites for hydroxylation is 1. The fraction of sp³-hybridized carbons (Fsp3) is 0.632. The summed E-state index contributed by atoms with van der Waals surface area (Å²) in [4.78, 5) is 14.7. The Morgan fingerprint density at radius 2 is 1.89 bits per heavy atom. The molecule has 7 nitrogen and oxygen atoms in total. The van der Waals surface area contributed by atoms with Crippen LogP contribution >= 0.6 is 12.4 Å². The number of morpholine rings is 1. The lowest BCUT2D eigenvalue weighted by atomic mass is 9.93. The van der Waals surface area contributed by atoms with Crippen LogP contribution in [0, 0.1) is 5.41 Å². The molecule has 1 saturated heterocycles. The van der Waals surface area contributed by atoms with Crippen molar-refractivity contribution in [3.8, 4) is 0 Å². The Balaban J connectivity index is 0.00000392. The van der Waals surface area contributed by atoms with E-state index in [4.69, 9.17) is 10.5 Å². The molecule has 160 valence electrons. The lowest BCUT2D eigenvalue weighted by Gasteiger charge is -2.29. The van der Waals surface area contributed by atoms with Gasteiger partial charge >= 0.3 is 0 Å². The summed E-state index contributed by atoms with van der Waals surface area (Å²) in [6.07, 6.45) is 0.573. The highest BCUT2D eigenvalue weighted by Gasteiger charge is 2.30. The van der Waals surface area contributed by atoms with Crippen LogP contribution in [-0.2, 0) is 21.2 Å². The minimum absolute atomic E-state index is 0. The van der Waals surface area contributed by atoms with E-state index < -0.39 is 10.0 Å². The van der Waals surface area contributed by atoms with E-state index in [1.807, 2.05) is 20.8 Å². The third-order valence-corrected chi connectivity index (χ3v) is 6.83. The molecule has 1 aliphatic rings. The van der Waals surface area contributed by atoms with Gasteiger partial charge in [-0.05, 0) is 36.1 Å². The van der Waals surface area contributed by atoms with Gasteiger partial charge in [-0.25, -0.2) is 8.42 Å². The highest BCUT2D eigenvalue weighted by Crippen LogP contribution is 2.24. The number of hydrogen-bond acceptors (Lipinski definition) is 5. The minimum atomic E-state index is -3.66. The van der Waals surface area contributed by atoms with E-state index >= 15 is 0 Å². The van der Waals surface area contributed by atoms with Crippen LogP contribution in [0.3, 0.4) is 0 Å². The van der Waals surface area contributed by atoms with Gasteiger partial charge in [0.1, 0.15) is 0 Å². The van der Waals surface area contributed by atoms with Gasteiger partial charge in [-0.15, -0.1) is 12.4 Å². The van der Waals surface area contributed by atoms with E-state index in [1.54, 1.807) is 24.1 Å². The van der Waals surface area contributed by atoms with Crippen LogP contribution in [0.5, 0.6) is 0 Å². The van der Waals surface area contributed by atoms with Gasteiger partial charge in [0.05, 0.1) is 18.1 Å². The molecule has 1 aromatic carbocycles. The number of rotatable bonds is 7. The Hall–Kier alpha value is -1.19. The largest absolute Gasteiger partial charge is 0.379 e. The van der Waals surface area contributed by atoms with Gasteiger partial charge in [0.15, 0.2) is 0 Å². The molecule has 0 atom stereocenters. The van der Waals surface area contributed by atoms with Crippen LogP contribution in [0.1, 0.15) is 36.7 Å². The number of nitrogens with zero attached hydrogens (tertiary/aromatic N) is 2. The number of carbonyl (C=O) groups excluding carboxylic acids is 1. The SMILES string of the molecule is CCc1ccc(C(=O)N(C)CC(C)(C)CN)cc1S(=O)(=O)N1CCOCC1.Cl. The van der Waals surface area contributed by atoms with E-state index in [0.29, 0.717) is 56.9 Å². The highest BCUT2D eigenvalue weighted by molar-refractivity contribution is 7.89. The molecule has 2 rings (SSSR count). The topological polar surface area (TPSA) is 92.9 Å². The van der Waals surface area contributed by atoms with Crippen molar-refractivity contribution >= 4 is 28.3 Å². The van der Waals surface area contributed by atoms with Crippen LogP contribution in [-0.4, -0.2) is 70.0 Å². The van der Waals surface area contributed by atoms with E-state index in [2.05, 4.69) is 0 Å². The summed E-state index contributed by atoms with van der Waals surface area (Å²) in [5.74, 6) is -0.211. The lowest BCUT2D eigenvalue weighted by Crippen LogP contribution is -2.41. The molecule has 0 radical (unpaired) electrons. The molecule has 1 amide bonds. The number of ether oxygens (including phenoxy) is 1. The summed E-state index contributed by atoms with van der Waals surface area (Å²) in [5, 5.41) is 0. The second kappa shape index (κ2) is 10.0. The molecule has 28 heavy (non-hydrogen) atoms. The van der Waals surface area contributed by atoms with Crippen LogP contribution in [0.15, 0.2) is 23.1 Å². The predicted octanol–water partition coefficient (Wildman–Crippen LogP) is 1.75. The molecule has 1 aliphatic heterocycles. The van der Waals surface area contributed by atoms with Crippen molar-refractivity contribution in [2.45, 2.75) is 32.1 Å². The average Bonchev–Trinajstić information content (AvgIpc) is 2.67. The molecular weight excluding hydrogens is 402 g/mol. The van der Waals surface area contributed by atoms with Gasteiger partial charge in [-0.2, -0.15) is 4.31 Å². The number of benzene rings is 1. The maximum atomic E-state index is 13.1. The highest BCUT2D eigenvalue weighted by atomic mass is 35.5.